The quantitative estimate of drug-likeness (QED) is 0.465. The molecule has 150 valence electrons. The summed E-state index contributed by atoms with van der Waals surface area (Å²) >= 11 is 0. The van der Waals surface area contributed by atoms with Gasteiger partial charge in [0.25, 0.3) is 0 Å². The maximum Gasteiger partial charge on any atom is 0.111 e. The fraction of sp³-hybridized carbons (Fsp3) is 1.00. The maximum absolute atomic E-state index is 10.4. The first kappa shape index (κ1) is 22.9. The van der Waals surface area contributed by atoms with Crippen LogP contribution in [0.15, 0.2) is 0 Å². The second-order valence-electron chi connectivity index (χ2n) is 7.60. The van der Waals surface area contributed by atoms with Crippen molar-refractivity contribution >= 4 is 0 Å². The van der Waals surface area contributed by atoms with E-state index >= 15 is 0 Å². The van der Waals surface area contributed by atoms with Gasteiger partial charge in [0.05, 0.1) is 19.8 Å². The van der Waals surface area contributed by atoms with Crippen molar-refractivity contribution in [3.05, 3.63) is 0 Å². The summed E-state index contributed by atoms with van der Waals surface area (Å²) in [6, 6.07) is 0. The van der Waals surface area contributed by atoms with Crippen LogP contribution >= 0.6 is 0 Å². The van der Waals surface area contributed by atoms with Gasteiger partial charge in [-0.15, -0.1) is 0 Å². The Balaban J connectivity index is 2.24. The minimum atomic E-state index is -0.570. The lowest BCUT2D eigenvalue weighted by atomic mass is 10.0. The summed E-state index contributed by atoms with van der Waals surface area (Å²) in [7, 11) is 0. The number of hydrogen-bond acceptors (Lipinski definition) is 4. The lowest BCUT2D eigenvalue weighted by molar-refractivity contribution is -0.0514. The molecule has 1 saturated heterocycles. The van der Waals surface area contributed by atoms with Crippen molar-refractivity contribution in [3.63, 3.8) is 0 Å². The second kappa shape index (κ2) is 14.0. The molecular weight excluding hydrogens is 316 g/mol. The first-order valence-corrected chi connectivity index (χ1v) is 10.6. The SMILES string of the molecule is CCCCC(CC)COC[C@@H]1OC[C@H](OCC(CC)CCCC)[C@H]1O. The molecule has 1 rings (SSSR count). The molecular formula is C21H42O4. The Kier molecular flexibility index (Phi) is 12.8. The predicted octanol–water partition coefficient (Wildman–Crippen LogP) is 4.58. The van der Waals surface area contributed by atoms with Crippen LogP contribution in [0.25, 0.3) is 0 Å². The summed E-state index contributed by atoms with van der Waals surface area (Å²) in [5, 5.41) is 10.4. The molecule has 0 aromatic carbocycles. The molecule has 2 unspecified atom stereocenters. The van der Waals surface area contributed by atoms with E-state index in [2.05, 4.69) is 27.7 Å². The monoisotopic (exact) mass is 358 g/mol. The van der Waals surface area contributed by atoms with Gasteiger partial charge < -0.3 is 19.3 Å². The Morgan fingerprint density at radius 3 is 2.12 bits per heavy atom. The third-order valence-electron chi connectivity index (χ3n) is 5.50. The van der Waals surface area contributed by atoms with Gasteiger partial charge in [-0.3, -0.25) is 0 Å². The molecule has 5 atom stereocenters. The van der Waals surface area contributed by atoms with Gasteiger partial charge in [-0.05, 0) is 24.7 Å². The zero-order valence-electron chi connectivity index (χ0n) is 17.0. The van der Waals surface area contributed by atoms with Crippen LogP contribution in [0.3, 0.4) is 0 Å². The zero-order valence-corrected chi connectivity index (χ0v) is 17.0. The molecule has 25 heavy (non-hydrogen) atoms. The van der Waals surface area contributed by atoms with Crippen LogP contribution in [0.5, 0.6) is 0 Å². The number of ether oxygens (including phenoxy) is 3. The van der Waals surface area contributed by atoms with Crippen LogP contribution in [0.4, 0.5) is 0 Å². The average molecular weight is 359 g/mol. The van der Waals surface area contributed by atoms with Crippen molar-refractivity contribution in [3.8, 4) is 0 Å². The highest BCUT2D eigenvalue weighted by Crippen LogP contribution is 2.21. The van der Waals surface area contributed by atoms with Crippen LogP contribution in [0, 0.1) is 11.8 Å². The standard InChI is InChI=1S/C21H42O4/c1-5-9-11-17(7-3)13-23-15-19-21(22)20(16-25-19)24-14-18(8-4)12-10-6-2/h17-22H,5-16H2,1-4H3/t17?,18?,19-,20-,21-/m0/s1. The number of rotatable bonds is 15. The van der Waals surface area contributed by atoms with Crippen molar-refractivity contribution in [1.82, 2.24) is 0 Å². The van der Waals surface area contributed by atoms with Crippen molar-refractivity contribution in [2.45, 2.75) is 97.4 Å². The smallest absolute Gasteiger partial charge is 0.111 e. The minimum Gasteiger partial charge on any atom is -0.388 e. The highest BCUT2D eigenvalue weighted by atomic mass is 16.6. The molecule has 0 bridgehead atoms. The normalized spacial score (nSPS) is 26.0. The van der Waals surface area contributed by atoms with Gasteiger partial charge in [-0.2, -0.15) is 0 Å². The van der Waals surface area contributed by atoms with Gasteiger partial charge >= 0.3 is 0 Å². The first-order valence-electron chi connectivity index (χ1n) is 10.6. The van der Waals surface area contributed by atoms with Gasteiger partial charge in [0.15, 0.2) is 0 Å². The third kappa shape index (κ3) is 8.85. The molecule has 1 aliphatic heterocycles. The van der Waals surface area contributed by atoms with Crippen LogP contribution in [-0.2, 0) is 14.2 Å². The molecule has 4 heteroatoms. The summed E-state index contributed by atoms with van der Waals surface area (Å²) in [6.45, 7) is 11.3. The van der Waals surface area contributed by atoms with Gasteiger partial charge in [0.1, 0.15) is 18.3 Å². The molecule has 1 N–H and O–H groups in total. The second-order valence-corrected chi connectivity index (χ2v) is 7.60. The third-order valence-corrected chi connectivity index (χ3v) is 5.50. The first-order chi connectivity index (χ1) is 12.2. The lowest BCUT2D eigenvalue weighted by Crippen LogP contribution is -2.36. The highest BCUT2D eigenvalue weighted by Gasteiger charge is 2.37. The van der Waals surface area contributed by atoms with Gasteiger partial charge in [-0.1, -0.05) is 66.2 Å². The van der Waals surface area contributed by atoms with Crippen LogP contribution in [0.2, 0.25) is 0 Å². The fourth-order valence-corrected chi connectivity index (χ4v) is 3.36. The van der Waals surface area contributed by atoms with Crippen molar-refractivity contribution < 1.29 is 19.3 Å². The van der Waals surface area contributed by atoms with E-state index in [1.165, 1.54) is 38.5 Å². The molecule has 0 radical (unpaired) electrons. The number of aliphatic hydroxyl groups is 1. The Bertz CT molecular complexity index is 310. The largest absolute Gasteiger partial charge is 0.388 e. The molecule has 4 nitrogen and oxygen atoms in total. The summed E-state index contributed by atoms with van der Waals surface area (Å²) in [5.41, 5.74) is 0. The number of hydrogen-bond donors (Lipinski definition) is 1. The van der Waals surface area contributed by atoms with E-state index in [1.54, 1.807) is 0 Å². The van der Waals surface area contributed by atoms with Crippen LogP contribution < -0.4 is 0 Å². The average Bonchev–Trinajstić information content (AvgIpc) is 2.98. The zero-order chi connectivity index (χ0) is 18.5. The van der Waals surface area contributed by atoms with E-state index < -0.39 is 6.10 Å². The van der Waals surface area contributed by atoms with E-state index in [0.717, 1.165) is 26.1 Å². The summed E-state index contributed by atoms with van der Waals surface area (Å²) in [4.78, 5) is 0. The van der Waals surface area contributed by atoms with E-state index in [-0.39, 0.29) is 12.2 Å². The summed E-state index contributed by atoms with van der Waals surface area (Å²) in [6.07, 6.45) is 8.66. The number of unbranched alkanes of at least 4 members (excludes halogenated alkanes) is 2. The topological polar surface area (TPSA) is 47.9 Å². The Hall–Kier alpha value is -0.160. The van der Waals surface area contributed by atoms with Gasteiger partial charge in [-0.25, -0.2) is 0 Å². The summed E-state index contributed by atoms with van der Waals surface area (Å²) in [5.74, 6) is 1.21. The van der Waals surface area contributed by atoms with Crippen LogP contribution in [0.1, 0.15) is 79.1 Å². The summed E-state index contributed by atoms with van der Waals surface area (Å²) < 4.78 is 17.5. The van der Waals surface area contributed by atoms with Crippen molar-refractivity contribution in [2.24, 2.45) is 11.8 Å². The molecule has 0 aliphatic carbocycles. The molecule has 0 aromatic heterocycles. The Morgan fingerprint density at radius 2 is 1.56 bits per heavy atom. The van der Waals surface area contributed by atoms with E-state index in [9.17, 15) is 5.11 Å². The highest BCUT2D eigenvalue weighted by molar-refractivity contribution is 4.84. The maximum atomic E-state index is 10.4. The van der Waals surface area contributed by atoms with Crippen molar-refractivity contribution in [1.29, 1.82) is 0 Å². The molecule has 0 spiro atoms. The van der Waals surface area contributed by atoms with Crippen molar-refractivity contribution in [2.75, 3.05) is 26.4 Å². The van der Waals surface area contributed by atoms with E-state index in [1.807, 2.05) is 0 Å². The molecule has 0 saturated carbocycles. The molecule has 1 heterocycles. The van der Waals surface area contributed by atoms with Gasteiger partial charge in [0, 0.05) is 6.61 Å². The lowest BCUT2D eigenvalue weighted by Gasteiger charge is -2.22. The Morgan fingerprint density at radius 1 is 0.960 bits per heavy atom. The predicted molar refractivity (Wildman–Crippen MR) is 103 cm³/mol. The van der Waals surface area contributed by atoms with E-state index in [4.69, 9.17) is 14.2 Å². The fourth-order valence-electron chi connectivity index (χ4n) is 3.36. The molecule has 0 amide bonds. The van der Waals surface area contributed by atoms with Gasteiger partial charge in [0.2, 0.25) is 0 Å². The molecule has 1 fully saturated rings. The van der Waals surface area contributed by atoms with Crippen LogP contribution in [-0.4, -0.2) is 49.8 Å². The minimum absolute atomic E-state index is 0.202. The molecule has 0 aromatic rings. The Labute approximate surface area is 155 Å². The molecule has 1 aliphatic rings. The number of aliphatic hydroxyl groups excluding tert-OH is 1. The van der Waals surface area contributed by atoms with E-state index in [0.29, 0.717) is 25.0 Å².